The molecule has 2 aliphatic rings. The number of fused-ring (bicyclic) bond motifs is 4. The number of rotatable bonds is 3. The predicted octanol–water partition coefficient (Wildman–Crippen LogP) is 6.03. The van der Waals surface area contributed by atoms with Crippen LogP contribution in [0.15, 0.2) is 66.7 Å². The quantitative estimate of drug-likeness (QED) is 0.511. The Balaban J connectivity index is 1.46. The van der Waals surface area contributed by atoms with E-state index in [1.165, 1.54) is 12.1 Å². The molecule has 0 aromatic heterocycles. The number of nitrogens with zero attached hydrogens (tertiary/aromatic N) is 1. The fourth-order valence-corrected chi connectivity index (χ4v) is 5.01. The molecule has 1 heterocycles. The number of carboxylic acids is 1. The van der Waals surface area contributed by atoms with E-state index in [1.807, 2.05) is 48.5 Å². The van der Waals surface area contributed by atoms with Crippen LogP contribution in [0.2, 0.25) is 0 Å². The molecule has 34 heavy (non-hydrogen) atoms. The number of alkyl halides is 3. The van der Waals surface area contributed by atoms with Gasteiger partial charge in [0.15, 0.2) is 0 Å². The molecule has 0 spiro atoms. The monoisotopic (exact) mass is 467 g/mol. The number of carbonyl (C=O) groups is 2. The largest absolute Gasteiger partial charge is 0.481 e. The summed E-state index contributed by atoms with van der Waals surface area (Å²) in [5.74, 6) is -2.60. The van der Waals surface area contributed by atoms with E-state index < -0.39 is 35.4 Å². The predicted molar refractivity (Wildman–Crippen MR) is 119 cm³/mol. The highest BCUT2D eigenvalue weighted by Crippen LogP contribution is 2.46. The van der Waals surface area contributed by atoms with Crippen molar-refractivity contribution < 1.29 is 32.6 Å². The number of para-hydroxylation sites is 1. The summed E-state index contributed by atoms with van der Waals surface area (Å²) in [6.45, 7) is -0.233. The lowest BCUT2D eigenvalue weighted by atomic mass is 9.88. The second kappa shape index (κ2) is 8.20. The van der Waals surface area contributed by atoms with Crippen molar-refractivity contribution in [3.05, 3.63) is 89.0 Å². The van der Waals surface area contributed by atoms with Gasteiger partial charge in [-0.1, -0.05) is 60.7 Å². The Morgan fingerprint density at radius 1 is 0.912 bits per heavy atom. The summed E-state index contributed by atoms with van der Waals surface area (Å²) in [7, 11) is 0. The number of hydrogen-bond donors (Lipinski definition) is 1. The molecule has 0 saturated heterocycles. The average molecular weight is 467 g/mol. The van der Waals surface area contributed by atoms with Crippen LogP contribution in [0.3, 0.4) is 0 Å². The van der Waals surface area contributed by atoms with Gasteiger partial charge >= 0.3 is 18.2 Å². The molecule has 1 atom stereocenters. The van der Waals surface area contributed by atoms with E-state index in [9.17, 15) is 27.9 Å². The zero-order chi connectivity index (χ0) is 24.0. The minimum Gasteiger partial charge on any atom is -0.481 e. The van der Waals surface area contributed by atoms with E-state index in [1.54, 1.807) is 0 Å². The normalized spacial score (nSPS) is 17.0. The van der Waals surface area contributed by atoms with Gasteiger partial charge < -0.3 is 9.84 Å². The maximum Gasteiger partial charge on any atom is 0.418 e. The van der Waals surface area contributed by atoms with Crippen LogP contribution >= 0.6 is 0 Å². The number of amides is 1. The van der Waals surface area contributed by atoms with E-state index in [4.69, 9.17) is 4.74 Å². The van der Waals surface area contributed by atoms with Gasteiger partial charge in [-0.05, 0) is 40.3 Å². The third-order valence-electron chi connectivity index (χ3n) is 6.51. The molecule has 3 aromatic carbocycles. The van der Waals surface area contributed by atoms with Gasteiger partial charge in [-0.25, -0.2) is 4.79 Å². The van der Waals surface area contributed by atoms with Gasteiger partial charge in [0.05, 0.1) is 17.2 Å². The zero-order valence-corrected chi connectivity index (χ0v) is 17.9. The summed E-state index contributed by atoms with van der Waals surface area (Å²) < 4.78 is 46.9. The average Bonchev–Trinajstić information content (AvgIpc) is 3.14. The minimum absolute atomic E-state index is 0.00611. The number of benzene rings is 3. The van der Waals surface area contributed by atoms with E-state index in [2.05, 4.69) is 0 Å². The highest BCUT2D eigenvalue weighted by atomic mass is 19.4. The molecule has 8 heteroatoms. The van der Waals surface area contributed by atoms with Crippen molar-refractivity contribution in [1.82, 2.24) is 0 Å². The van der Waals surface area contributed by atoms with Crippen LogP contribution in [0.5, 0.6) is 0 Å². The van der Waals surface area contributed by atoms with Crippen molar-refractivity contribution in [2.45, 2.75) is 24.4 Å². The van der Waals surface area contributed by atoms with E-state index >= 15 is 0 Å². The number of hydrogen-bond acceptors (Lipinski definition) is 3. The Morgan fingerprint density at radius 2 is 1.50 bits per heavy atom. The summed E-state index contributed by atoms with van der Waals surface area (Å²) in [5, 5.41) is 9.52. The number of ether oxygens (including phenoxy) is 1. The Hall–Kier alpha value is -3.81. The van der Waals surface area contributed by atoms with Gasteiger partial charge in [0.25, 0.3) is 0 Å². The number of carbonyl (C=O) groups excluding carboxylic acids is 1. The molecule has 0 fully saturated rings. The Bertz CT molecular complexity index is 1240. The smallest absolute Gasteiger partial charge is 0.418 e. The van der Waals surface area contributed by atoms with E-state index in [0.717, 1.165) is 33.2 Å². The lowest BCUT2D eigenvalue weighted by molar-refractivity contribution is -0.140. The first-order valence-corrected chi connectivity index (χ1v) is 10.8. The molecule has 1 N–H and O–H groups in total. The first-order valence-electron chi connectivity index (χ1n) is 10.8. The van der Waals surface area contributed by atoms with Gasteiger partial charge in [-0.2, -0.15) is 13.2 Å². The highest BCUT2D eigenvalue weighted by molar-refractivity contribution is 5.93. The molecule has 1 amide bonds. The van der Waals surface area contributed by atoms with E-state index in [0.29, 0.717) is 0 Å². The molecular weight excluding hydrogens is 447 g/mol. The Kier molecular flexibility index (Phi) is 5.31. The maximum absolute atomic E-state index is 13.8. The van der Waals surface area contributed by atoms with Crippen LogP contribution < -0.4 is 4.90 Å². The summed E-state index contributed by atoms with van der Waals surface area (Å²) in [6.07, 6.45) is -5.69. The SMILES string of the molecule is O=C(O)C1CCN(C(=O)OCC2c3ccccc3-c3ccccc32)c2c1cccc2C(F)(F)F. The number of anilines is 1. The summed E-state index contributed by atoms with van der Waals surface area (Å²) in [5.41, 5.74) is 2.50. The van der Waals surface area contributed by atoms with Crippen molar-refractivity contribution in [3.63, 3.8) is 0 Å². The maximum atomic E-state index is 13.8. The molecule has 0 bridgehead atoms. The molecule has 1 unspecified atom stereocenters. The van der Waals surface area contributed by atoms with Gasteiger partial charge in [0.1, 0.15) is 6.61 Å². The molecule has 174 valence electrons. The van der Waals surface area contributed by atoms with Gasteiger partial charge in [-0.15, -0.1) is 0 Å². The van der Waals surface area contributed by atoms with Crippen LogP contribution in [-0.4, -0.2) is 30.3 Å². The molecule has 1 aliphatic carbocycles. The standard InChI is InChI=1S/C26H20F3NO4/c27-26(28,29)22-11-5-10-19-20(24(31)32)12-13-30(23(19)22)25(33)34-14-21-17-8-3-1-6-15(17)16-7-2-4-9-18(16)21/h1-11,20-21H,12-14H2,(H,31,32). The fraction of sp³-hybridized carbons (Fsp3) is 0.231. The number of aliphatic carboxylic acids is 1. The van der Waals surface area contributed by atoms with Crippen molar-refractivity contribution in [2.75, 3.05) is 18.1 Å². The van der Waals surface area contributed by atoms with Crippen molar-refractivity contribution >= 4 is 17.7 Å². The lowest BCUT2D eigenvalue weighted by Crippen LogP contribution is -2.40. The Labute approximate surface area is 193 Å². The van der Waals surface area contributed by atoms with Crippen molar-refractivity contribution in [3.8, 4) is 11.1 Å². The van der Waals surface area contributed by atoms with Gasteiger partial charge in [-0.3, -0.25) is 9.69 Å². The fourth-order valence-electron chi connectivity index (χ4n) is 5.01. The Morgan fingerprint density at radius 3 is 2.09 bits per heavy atom. The molecule has 0 saturated carbocycles. The topological polar surface area (TPSA) is 66.8 Å². The van der Waals surface area contributed by atoms with Gasteiger partial charge in [0, 0.05) is 12.5 Å². The van der Waals surface area contributed by atoms with Crippen LogP contribution in [0.25, 0.3) is 11.1 Å². The third kappa shape index (κ3) is 3.59. The zero-order valence-electron chi connectivity index (χ0n) is 17.9. The first-order chi connectivity index (χ1) is 16.3. The number of halogens is 3. The van der Waals surface area contributed by atoms with Crippen molar-refractivity contribution in [1.29, 1.82) is 0 Å². The van der Waals surface area contributed by atoms with Gasteiger partial charge in [0.2, 0.25) is 0 Å². The molecule has 3 aromatic rings. The molecule has 5 rings (SSSR count). The molecular formula is C26H20F3NO4. The highest BCUT2D eigenvalue weighted by Gasteiger charge is 2.42. The van der Waals surface area contributed by atoms with Crippen molar-refractivity contribution in [2.24, 2.45) is 0 Å². The molecule has 0 radical (unpaired) electrons. The molecule has 1 aliphatic heterocycles. The van der Waals surface area contributed by atoms with Crippen LogP contribution in [0.1, 0.15) is 40.5 Å². The molecule has 5 nitrogen and oxygen atoms in total. The lowest BCUT2D eigenvalue weighted by Gasteiger charge is -2.34. The minimum atomic E-state index is -4.76. The third-order valence-corrected chi connectivity index (χ3v) is 6.51. The summed E-state index contributed by atoms with van der Waals surface area (Å²) >= 11 is 0. The van der Waals surface area contributed by atoms with Crippen LogP contribution in [-0.2, 0) is 15.7 Å². The summed E-state index contributed by atoms with van der Waals surface area (Å²) in [4.78, 5) is 25.7. The summed E-state index contributed by atoms with van der Waals surface area (Å²) in [6, 6.07) is 18.8. The number of carboxylic acid groups (broad SMARTS) is 1. The van der Waals surface area contributed by atoms with Crippen LogP contribution in [0, 0.1) is 0 Å². The second-order valence-electron chi connectivity index (χ2n) is 8.38. The first kappa shape index (κ1) is 22.0. The van der Waals surface area contributed by atoms with E-state index in [-0.39, 0.29) is 31.1 Å². The second-order valence-corrected chi connectivity index (χ2v) is 8.38. The van der Waals surface area contributed by atoms with Crippen LogP contribution in [0.4, 0.5) is 23.7 Å².